The van der Waals surface area contributed by atoms with E-state index in [0.717, 1.165) is 42.8 Å². The van der Waals surface area contributed by atoms with Gasteiger partial charge in [-0.05, 0) is 36.9 Å². The fraction of sp³-hybridized carbons (Fsp3) is 0.263. The number of fused-ring (bicyclic) bond motifs is 1. The van der Waals surface area contributed by atoms with Crippen LogP contribution in [0.2, 0.25) is 0 Å². The molecular weight excluding hydrogens is 300 g/mol. The van der Waals surface area contributed by atoms with Crippen LogP contribution in [0.15, 0.2) is 47.1 Å². The predicted octanol–water partition coefficient (Wildman–Crippen LogP) is 3.12. The van der Waals surface area contributed by atoms with Gasteiger partial charge in [-0.15, -0.1) is 0 Å². The van der Waals surface area contributed by atoms with Gasteiger partial charge in [0.1, 0.15) is 23.5 Å². The zero-order chi connectivity index (χ0) is 16.5. The Morgan fingerprint density at radius 1 is 1.04 bits per heavy atom. The maximum atomic E-state index is 9.04. The molecule has 3 aromatic rings. The normalized spacial score (nSPS) is 15.6. The summed E-state index contributed by atoms with van der Waals surface area (Å²) in [6.45, 7) is 4.29. The minimum absolute atomic E-state index is 0.402. The molecule has 0 N–H and O–H groups in total. The highest BCUT2D eigenvalue weighted by molar-refractivity contribution is 5.91. The van der Waals surface area contributed by atoms with Crippen LogP contribution >= 0.6 is 0 Å². The molecule has 120 valence electrons. The third-order valence-electron chi connectivity index (χ3n) is 4.58. The highest BCUT2D eigenvalue weighted by Gasteiger charge is 2.15. The van der Waals surface area contributed by atoms with Crippen LogP contribution in [-0.2, 0) is 0 Å². The molecular formula is C19H18N4O. The number of furan rings is 1. The molecule has 5 nitrogen and oxygen atoms in total. The van der Waals surface area contributed by atoms with Crippen molar-refractivity contribution in [1.82, 2.24) is 9.88 Å². The lowest BCUT2D eigenvalue weighted by atomic mass is 10.1. The molecule has 0 aliphatic carbocycles. The van der Waals surface area contributed by atoms with E-state index in [1.54, 1.807) is 18.4 Å². The molecule has 0 amide bonds. The number of nitrogens with zero attached hydrogens (tertiary/aromatic N) is 4. The van der Waals surface area contributed by atoms with E-state index in [0.29, 0.717) is 11.3 Å². The maximum Gasteiger partial charge on any atom is 0.153 e. The molecule has 3 heterocycles. The van der Waals surface area contributed by atoms with Crippen LogP contribution in [0.3, 0.4) is 0 Å². The summed E-state index contributed by atoms with van der Waals surface area (Å²) in [5.74, 6) is 0. The monoisotopic (exact) mass is 318 g/mol. The van der Waals surface area contributed by atoms with Crippen LogP contribution in [0.4, 0.5) is 5.69 Å². The van der Waals surface area contributed by atoms with Crippen molar-refractivity contribution in [3.05, 3.63) is 48.4 Å². The number of likely N-dealkylation sites (N-methyl/N-ethyl adjacent to an activating group) is 1. The van der Waals surface area contributed by atoms with Crippen molar-refractivity contribution in [1.29, 1.82) is 5.26 Å². The molecule has 0 unspecified atom stereocenters. The number of piperazine rings is 1. The number of anilines is 1. The van der Waals surface area contributed by atoms with Gasteiger partial charge in [-0.3, -0.25) is 0 Å². The quantitative estimate of drug-likeness (QED) is 0.726. The minimum Gasteiger partial charge on any atom is -0.462 e. The van der Waals surface area contributed by atoms with Gasteiger partial charge in [0, 0.05) is 37.4 Å². The van der Waals surface area contributed by atoms with E-state index in [4.69, 9.17) is 9.68 Å². The van der Waals surface area contributed by atoms with Crippen molar-refractivity contribution in [2.75, 3.05) is 38.1 Å². The minimum atomic E-state index is 0.402. The van der Waals surface area contributed by atoms with Crippen LogP contribution in [0.5, 0.6) is 0 Å². The number of aromatic nitrogens is 1. The number of hydrogen-bond acceptors (Lipinski definition) is 5. The lowest BCUT2D eigenvalue weighted by Gasteiger charge is -2.34. The Morgan fingerprint density at radius 3 is 2.50 bits per heavy atom. The summed E-state index contributed by atoms with van der Waals surface area (Å²) in [6, 6.07) is 14.0. The van der Waals surface area contributed by atoms with Crippen LogP contribution in [0, 0.1) is 11.3 Å². The van der Waals surface area contributed by atoms with Gasteiger partial charge < -0.3 is 14.2 Å². The zero-order valence-corrected chi connectivity index (χ0v) is 13.6. The summed E-state index contributed by atoms with van der Waals surface area (Å²) < 4.78 is 5.57. The van der Waals surface area contributed by atoms with Crippen molar-refractivity contribution in [3.63, 3.8) is 0 Å². The first-order chi connectivity index (χ1) is 11.7. The van der Waals surface area contributed by atoms with E-state index >= 15 is 0 Å². The number of nitriles is 1. The molecule has 24 heavy (non-hydrogen) atoms. The van der Waals surface area contributed by atoms with Gasteiger partial charge in [-0.2, -0.15) is 5.26 Å². The number of hydrogen-bond donors (Lipinski definition) is 0. The van der Waals surface area contributed by atoms with Crippen LogP contribution in [-0.4, -0.2) is 43.1 Å². The van der Waals surface area contributed by atoms with E-state index in [2.05, 4.69) is 52.2 Å². The van der Waals surface area contributed by atoms with Gasteiger partial charge in [-0.25, -0.2) is 4.98 Å². The second-order valence-corrected chi connectivity index (χ2v) is 6.14. The van der Waals surface area contributed by atoms with Crippen LogP contribution < -0.4 is 4.90 Å². The fourth-order valence-electron chi connectivity index (χ4n) is 3.10. The number of pyridine rings is 1. The van der Waals surface area contributed by atoms with Crippen molar-refractivity contribution in [2.45, 2.75) is 0 Å². The summed E-state index contributed by atoms with van der Waals surface area (Å²) in [4.78, 5) is 9.13. The average Bonchev–Trinajstić information content (AvgIpc) is 3.05. The second-order valence-electron chi connectivity index (χ2n) is 6.14. The third kappa shape index (κ3) is 2.61. The SMILES string of the molecule is CN1CCN(c2ccc(-c3coc4ccc(C#N)nc34)cc2)CC1. The average molecular weight is 318 g/mol. The lowest BCUT2D eigenvalue weighted by Crippen LogP contribution is -2.44. The summed E-state index contributed by atoms with van der Waals surface area (Å²) in [6.07, 6.45) is 1.71. The third-order valence-corrected chi connectivity index (χ3v) is 4.58. The van der Waals surface area contributed by atoms with E-state index in [-0.39, 0.29) is 0 Å². The van der Waals surface area contributed by atoms with Crippen molar-refractivity contribution in [2.24, 2.45) is 0 Å². The van der Waals surface area contributed by atoms with Crippen molar-refractivity contribution < 1.29 is 4.42 Å². The molecule has 2 aromatic heterocycles. The first kappa shape index (κ1) is 14.7. The van der Waals surface area contributed by atoms with Gasteiger partial charge in [0.15, 0.2) is 5.58 Å². The molecule has 1 aliphatic rings. The number of benzene rings is 1. The molecule has 5 heteroatoms. The summed E-state index contributed by atoms with van der Waals surface area (Å²) in [7, 11) is 2.16. The zero-order valence-electron chi connectivity index (χ0n) is 13.6. The Hall–Kier alpha value is -2.84. The Bertz CT molecular complexity index is 899. The largest absolute Gasteiger partial charge is 0.462 e. The Morgan fingerprint density at radius 2 is 1.79 bits per heavy atom. The van der Waals surface area contributed by atoms with Crippen LogP contribution in [0.25, 0.3) is 22.2 Å². The standard InChI is InChI=1S/C19H18N4O/c1-22-8-10-23(11-9-22)16-5-2-14(3-6-16)17-13-24-18-7-4-15(12-20)21-19(17)18/h2-7,13H,8-11H2,1H3. The van der Waals surface area contributed by atoms with Gasteiger partial charge in [0.25, 0.3) is 0 Å². The first-order valence-corrected chi connectivity index (χ1v) is 8.07. The molecule has 0 spiro atoms. The highest BCUT2D eigenvalue weighted by atomic mass is 16.3. The summed E-state index contributed by atoms with van der Waals surface area (Å²) in [5, 5.41) is 9.04. The summed E-state index contributed by atoms with van der Waals surface area (Å²) >= 11 is 0. The molecule has 0 atom stereocenters. The number of rotatable bonds is 2. The van der Waals surface area contributed by atoms with E-state index in [9.17, 15) is 0 Å². The van der Waals surface area contributed by atoms with Gasteiger partial charge in [-0.1, -0.05) is 12.1 Å². The van der Waals surface area contributed by atoms with Crippen molar-refractivity contribution >= 4 is 16.8 Å². The van der Waals surface area contributed by atoms with Crippen molar-refractivity contribution in [3.8, 4) is 17.2 Å². The van der Waals surface area contributed by atoms with Gasteiger partial charge >= 0.3 is 0 Å². The van der Waals surface area contributed by atoms with Crippen LogP contribution in [0.1, 0.15) is 5.69 Å². The molecule has 1 saturated heterocycles. The fourth-order valence-corrected chi connectivity index (χ4v) is 3.10. The van der Waals surface area contributed by atoms with E-state index in [1.807, 2.05) is 0 Å². The topological polar surface area (TPSA) is 56.3 Å². The second kappa shape index (κ2) is 5.99. The molecule has 0 saturated carbocycles. The highest BCUT2D eigenvalue weighted by Crippen LogP contribution is 2.30. The maximum absolute atomic E-state index is 9.04. The molecule has 4 rings (SSSR count). The Balaban J connectivity index is 1.64. The van der Waals surface area contributed by atoms with Gasteiger partial charge in [0.2, 0.25) is 0 Å². The van der Waals surface area contributed by atoms with E-state index in [1.165, 1.54) is 5.69 Å². The molecule has 0 bridgehead atoms. The lowest BCUT2D eigenvalue weighted by molar-refractivity contribution is 0.313. The smallest absolute Gasteiger partial charge is 0.153 e. The molecule has 1 aliphatic heterocycles. The summed E-state index contributed by atoms with van der Waals surface area (Å²) in [5.41, 5.74) is 5.05. The van der Waals surface area contributed by atoms with Gasteiger partial charge in [0.05, 0.1) is 0 Å². The molecule has 1 fully saturated rings. The molecule has 0 radical (unpaired) electrons. The Kier molecular flexibility index (Phi) is 3.68. The Labute approximate surface area is 140 Å². The predicted molar refractivity (Wildman–Crippen MR) is 93.9 cm³/mol. The first-order valence-electron chi connectivity index (χ1n) is 8.07. The molecule has 1 aromatic carbocycles. The van der Waals surface area contributed by atoms with E-state index < -0.39 is 0 Å².